The van der Waals surface area contributed by atoms with Gasteiger partial charge >= 0.3 is 5.97 Å². The predicted molar refractivity (Wildman–Crippen MR) is 108 cm³/mol. The topological polar surface area (TPSA) is 70.2 Å². The van der Waals surface area contributed by atoms with Gasteiger partial charge in [-0.2, -0.15) is 5.10 Å². The van der Waals surface area contributed by atoms with Crippen LogP contribution in [0.25, 0.3) is 17.4 Å². The van der Waals surface area contributed by atoms with Crippen LogP contribution in [0.2, 0.25) is 5.15 Å². The summed E-state index contributed by atoms with van der Waals surface area (Å²) in [5.41, 5.74) is 2.38. The Morgan fingerprint density at radius 2 is 2.07 bits per heavy atom. The van der Waals surface area contributed by atoms with E-state index in [0.717, 1.165) is 11.3 Å². The Morgan fingerprint density at radius 3 is 2.79 bits per heavy atom. The van der Waals surface area contributed by atoms with Gasteiger partial charge in [0.15, 0.2) is 12.4 Å². The van der Waals surface area contributed by atoms with Gasteiger partial charge in [-0.3, -0.25) is 4.68 Å². The first kappa shape index (κ1) is 19.9. The molecule has 0 fully saturated rings. The summed E-state index contributed by atoms with van der Waals surface area (Å²) in [4.78, 5) is 16.2. The molecule has 0 unspecified atom stereocenters. The fourth-order valence-corrected chi connectivity index (χ4v) is 2.98. The van der Waals surface area contributed by atoms with Crippen molar-refractivity contribution in [1.82, 2.24) is 14.8 Å². The summed E-state index contributed by atoms with van der Waals surface area (Å²) in [7, 11) is 0. The molecule has 0 atom stereocenters. The van der Waals surface area contributed by atoms with Gasteiger partial charge in [-0.15, -0.1) is 0 Å². The first-order chi connectivity index (χ1) is 13.4. The number of carbonyl (C=O) groups is 1. The molecule has 0 aliphatic heterocycles. The lowest BCUT2D eigenvalue weighted by atomic mass is 10.2. The minimum atomic E-state index is -0.508. The number of nitrogens with zero attached hydrogens (tertiary/aromatic N) is 3. The molecule has 2 heterocycles. The number of rotatable bonds is 7. The maximum atomic E-state index is 12.0. The molecule has 0 amide bonds. The van der Waals surface area contributed by atoms with Crippen molar-refractivity contribution in [3.05, 3.63) is 64.9 Å². The Balaban J connectivity index is 1.59. The van der Waals surface area contributed by atoms with Crippen LogP contribution in [0.4, 0.5) is 0 Å². The highest BCUT2D eigenvalue weighted by atomic mass is 35.5. The minimum Gasteiger partial charge on any atom is -0.453 e. The quantitative estimate of drug-likeness (QED) is 0.417. The average Bonchev–Trinajstić information content (AvgIpc) is 3.24. The van der Waals surface area contributed by atoms with Crippen molar-refractivity contribution >= 4 is 23.6 Å². The summed E-state index contributed by atoms with van der Waals surface area (Å²) < 4.78 is 12.6. The summed E-state index contributed by atoms with van der Waals surface area (Å²) in [5, 5.41) is 4.92. The largest absolute Gasteiger partial charge is 0.453 e. The van der Waals surface area contributed by atoms with Crippen molar-refractivity contribution in [2.75, 3.05) is 0 Å². The van der Waals surface area contributed by atoms with Crippen LogP contribution >= 0.6 is 11.6 Å². The van der Waals surface area contributed by atoms with E-state index < -0.39 is 5.97 Å². The number of hydrogen-bond donors (Lipinski definition) is 0. The molecule has 2 aromatic heterocycles. The van der Waals surface area contributed by atoms with Crippen molar-refractivity contribution in [1.29, 1.82) is 0 Å². The first-order valence-corrected chi connectivity index (χ1v) is 9.39. The van der Waals surface area contributed by atoms with Crippen LogP contribution in [0.3, 0.4) is 0 Å². The van der Waals surface area contributed by atoms with Crippen LogP contribution in [-0.2, 0) is 22.7 Å². The minimum absolute atomic E-state index is 0.0463. The summed E-state index contributed by atoms with van der Waals surface area (Å²) in [5.74, 6) is 0.869. The number of aryl methyl sites for hydroxylation is 1. The summed E-state index contributed by atoms with van der Waals surface area (Å²) in [6, 6.07) is 9.60. The molecule has 0 N–H and O–H groups in total. The second kappa shape index (κ2) is 8.89. The highest BCUT2D eigenvalue weighted by Gasteiger charge is 2.13. The van der Waals surface area contributed by atoms with E-state index in [4.69, 9.17) is 20.8 Å². The van der Waals surface area contributed by atoms with E-state index in [9.17, 15) is 4.79 Å². The lowest BCUT2D eigenvalue weighted by Crippen LogP contribution is -2.06. The van der Waals surface area contributed by atoms with E-state index in [-0.39, 0.29) is 6.61 Å². The van der Waals surface area contributed by atoms with Crippen molar-refractivity contribution < 1.29 is 13.9 Å². The highest BCUT2D eigenvalue weighted by Crippen LogP contribution is 2.23. The molecule has 0 aliphatic carbocycles. The van der Waals surface area contributed by atoms with E-state index in [1.54, 1.807) is 17.0 Å². The molecule has 3 aromatic rings. The lowest BCUT2D eigenvalue weighted by molar-refractivity contribution is -0.139. The lowest BCUT2D eigenvalue weighted by Gasteiger charge is -2.05. The molecular formula is C21H22ClN3O3. The second-order valence-corrected chi connectivity index (χ2v) is 7.15. The Morgan fingerprint density at radius 1 is 1.32 bits per heavy atom. The van der Waals surface area contributed by atoms with Gasteiger partial charge in [0.25, 0.3) is 0 Å². The number of carbonyl (C=O) groups excluding carboxylic acids is 1. The standard InChI is InChI=1S/C21H22ClN3O3/c1-14(2)12-25-21(22)17(15(3)24-25)9-10-20(26)27-13-19-23-11-18(28-19)16-7-5-4-6-8-16/h4-11,14H,12-13H2,1-3H3/b10-9+. The molecule has 1 aromatic carbocycles. The van der Waals surface area contributed by atoms with E-state index in [1.165, 1.54) is 6.08 Å². The molecule has 7 heteroatoms. The van der Waals surface area contributed by atoms with Crippen LogP contribution < -0.4 is 0 Å². The smallest absolute Gasteiger partial charge is 0.331 e. The monoisotopic (exact) mass is 399 g/mol. The van der Waals surface area contributed by atoms with Gasteiger partial charge < -0.3 is 9.15 Å². The molecule has 6 nitrogen and oxygen atoms in total. The maximum absolute atomic E-state index is 12.0. The average molecular weight is 400 g/mol. The van der Waals surface area contributed by atoms with Gasteiger partial charge in [0.2, 0.25) is 5.89 Å². The van der Waals surface area contributed by atoms with Crippen molar-refractivity contribution in [2.24, 2.45) is 5.92 Å². The van der Waals surface area contributed by atoms with E-state index >= 15 is 0 Å². The molecule has 0 radical (unpaired) electrons. The summed E-state index contributed by atoms with van der Waals surface area (Å²) in [6.45, 7) is 6.70. The number of benzene rings is 1. The molecule has 28 heavy (non-hydrogen) atoms. The van der Waals surface area contributed by atoms with Crippen molar-refractivity contribution in [3.8, 4) is 11.3 Å². The van der Waals surface area contributed by atoms with Gasteiger partial charge in [-0.25, -0.2) is 9.78 Å². The molecule has 0 spiro atoms. The molecule has 0 bridgehead atoms. The van der Waals surface area contributed by atoms with E-state index in [0.29, 0.717) is 34.8 Å². The Labute approximate surface area is 168 Å². The normalized spacial score (nSPS) is 11.5. The number of esters is 1. The number of ether oxygens (including phenoxy) is 1. The number of oxazole rings is 1. The molecule has 146 valence electrons. The predicted octanol–water partition coefficient (Wildman–Crippen LogP) is 4.91. The van der Waals surface area contributed by atoms with Crippen molar-refractivity contribution in [2.45, 2.75) is 33.9 Å². The van der Waals surface area contributed by atoms with Crippen LogP contribution in [0.1, 0.15) is 31.0 Å². The van der Waals surface area contributed by atoms with Gasteiger partial charge in [0.1, 0.15) is 5.15 Å². The Hall–Kier alpha value is -2.86. The number of aromatic nitrogens is 3. The molecule has 0 saturated heterocycles. The van der Waals surface area contributed by atoms with Crippen LogP contribution in [0.5, 0.6) is 0 Å². The zero-order chi connectivity index (χ0) is 20.1. The van der Waals surface area contributed by atoms with Gasteiger partial charge in [-0.1, -0.05) is 55.8 Å². The summed E-state index contributed by atoms with van der Waals surface area (Å²) >= 11 is 6.36. The molecule has 0 saturated carbocycles. The molecule has 0 aliphatic rings. The first-order valence-electron chi connectivity index (χ1n) is 9.02. The Bertz CT molecular complexity index is 974. The fraction of sp³-hybridized carbons (Fsp3) is 0.286. The van der Waals surface area contributed by atoms with Crippen LogP contribution in [-0.4, -0.2) is 20.7 Å². The second-order valence-electron chi connectivity index (χ2n) is 6.79. The molecule has 3 rings (SSSR count). The number of hydrogen-bond acceptors (Lipinski definition) is 5. The highest BCUT2D eigenvalue weighted by molar-refractivity contribution is 6.31. The van der Waals surface area contributed by atoms with Crippen LogP contribution in [0, 0.1) is 12.8 Å². The Kier molecular flexibility index (Phi) is 6.31. The maximum Gasteiger partial charge on any atom is 0.331 e. The SMILES string of the molecule is Cc1nn(CC(C)C)c(Cl)c1/C=C/C(=O)OCc1ncc(-c2ccccc2)o1. The zero-order valence-corrected chi connectivity index (χ0v) is 16.8. The third-order valence-corrected chi connectivity index (χ3v) is 4.38. The van der Waals surface area contributed by atoms with Gasteiger partial charge in [0.05, 0.1) is 11.9 Å². The molecular weight excluding hydrogens is 378 g/mol. The van der Waals surface area contributed by atoms with Gasteiger partial charge in [-0.05, 0) is 18.9 Å². The third-order valence-electron chi connectivity index (χ3n) is 3.98. The number of halogens is 1. The third kappa shape index (κ3) is 4.89. The van der Waals surface area contributed by atoms with E-state index in [1.807, 2.05) is 37.3 Å². The van der Waals surface area contributed by atoms with Gasteiger partial charge in [0, 0.05) is 23.7 Å². The van der Waals surface area contributed by atoms with Crippen molar-refractivity contribution in [3.63, 3.8) is 0 Å². The fourth-order valence-electron chi connectivity index (χ4n) is 2.67. The summed E-state index contributed by atoms with van der Waals surface area (Å²) in [6.07, 6.45) is 4.56. The zero-order valence-electron chi connectivity index (χ0n) is 16.1. The van der Waals surface area contributed by atoms with E-state index in [2.05, 4.69) is 23.9 Å². The van der Waals surface area contributed by atoms with Crippen LogP contribution in [0.15, 0.2) is 47.0 Å².